The molecule has 0 spiro atoms. The number of rotatable bonds is 7. The van der Waals surface area contributed by atoms with Gasteiger partial charge in [-0.3, -0.25) is 4.79 Å². The van der Waals surface area contributed by atoms with Crippen molar-refractivity contribution in [3.8, 4) is 0 Å². The van der Waals surface area contributed by atoms with Gasteiger partial charge in [0.25, 0.3) is 5.91 Å². The number of halogens is 3. The fourth-order valence-electron chi connectivity index (χ4n) is 1.82. The number of alkyl halides is 3. The molecular weight excluding hydrogens is 283 g/mol. The predicted molar refractivity (Wildman–Crippen MR) is 71.9 cm³/mol. The number of ether oxygens (including phenoxy) is 1. The van der Waals surface area contributed by atoms with Crippen LogP contribution in [0.3, 0.4) is 0 Å². The smallest absolute Gasteiger partial charge is 0.381 e. The van der Waals surface area contributed by atoms with Crippen LogP contribution in [-0.4, -0.2) is 25.7 Å². The molecule has 1 aliphatic carbocycles. The Morgan fingerprint density at radius 1 is 1.24 bits per heavy atom. The Bertz CT molecular complexity index is 467. The first-order valence-electron chi connectivity index (χ1n) is 7.00. The summed E-state index contributed by atoms with van der Waals surface area (Å²) in [5, 5.41) is 2.66. The molecule has 1 N–H and O–H groups in total. The first-order chi connectivity index (χ1) is 9.97. The monoisotopic (exact) mass is 301 g/mol. The van der Waals surface area contributed by atoms with Gasteiger partial charge < -0.3 is 10.1 Å². The van der Waals surface area contributed by atoms with E-state index in [-0.39, 0.29) is 11.5 Å². The third-order valence-electron chi connectivity index (χ3n) is 3.28. The molecule has 116 valence electrons. The van der Waals surface area contributed by atoms with E-state index in [0.717, 1.165) is 18.7 Å². The molecule has 0 unspecified atom stereocenters. The highest BCUT2D eigenvalue weighted by atomic mass is 19.4. The molecule has 21 heavy (non-hydrogen) atoms. The van der Waals surface area contributed by atoms with Crippen LogP contribution in [0, 0.1) is 5.92 Å². The van der Waals surface area contributed by atoms with Crippen LogP contribution in [0.5, 0.6) is 0 Å². The van der Waals surface area contributed by atoms with E-state index in [4.69, 9.17) is 4.74 Å². The van der Waals surface area contributed by atoms with Gasteiger partial charge in [0, 0.05) is 25.3 Å². The lowest BCUT2D eigenvalue weighted by Gasteiger charge is -2.08. The second-order valence-corrected chi connectivity index (χ2v) is 5.20. The fraction of sp³-hybridized carbons (Fsp3) is 0.533. The molecule has 0 aliphatic heterocycles. The second kappa shape index (κ2) is 6.93. The lowest BCUT2D eigenvalue weighted by Crippen LogP contribution is -2.25. The van der Waals surface area contributed by atoms with Crippen LogP contribution in [0.2, 0.25) is 0 Å². The summed E-state index contributed by atoms with van der Waals surface area (Å²) >= 11 is 0. The summed E-state index contributed by atoms with van der Waals surface area (Å²) in [4.78, 5) is 11.7. The number of carbonyl (C=O) groups is 1. The minimum atomic E-state index is -4.38. The Morgan fingerprint density at radius 2 is 1.90 bits per heavy atom. The van der Waals surface area contributed by atoms with E-state index in [1.165, 1.54) is 25.0 Å². The standard InChI is InChI=1S/C15H18F3NO2/c16-15(17,18)13-6-4-12(5-7-13)14(20)19-8-1-9-21-10-11-2-3-11/h4-7,11H,1-3,8-10H2,(H,19,20). The molecular formula is C15H18F3NO2. The van der Waals surface area contributed by atoms with Crippen molar-refractivity contribution in [2.45, 2.75) is 25.4 Å². The maximum atomic E-state index is 12.4. The zero-order valence-electron chi connectivity index (χ0n) is 11.6. The van der Waals surface area contributed by atoms with Crippen LogP contribution < -0.4 is 5.32 Å². The van der Waals surface area contributed by atoms with Gasteiger partial charge in [-0.25, -0.2) is 0 Å². The van der Waals surface area contributed by atoms with Crippen LogP contribution in [0.15, 0.2) is 24.3 Å². The van der Waals surface area contributed by atoms with Crippen molar-refractivity contribution in [1.82, 2.24) is 5.32 Å². The molecule has 2 rings (SSSR count). The van der Waals surface area contributed by atoms with Crippen molar-refractivity contribution in [2.24, 2.45) is 5.92 Å². The van der Waals surface area contributed by atoms with Crippen LogP contribution in [0.1, 0.15) is 35.2 Å². The fourth-order valence-corrected chi connectivity index (χ4v) is 1.82. The lowest BCUT2D eigenvalue weighted by atomic mass is 10.1. The van der Waals surface area contributed by atoms with Gasteiger partial charge in [-0.2, -0.15) is 13.2 Å². The van der Waals surface area contributed by atoms with Gasteiger partial charge in [-0.05, 0) is 49.4 Å². The summed E-state index contributed by atoms with van der Waals surface area (Å²) in [5.41, 5.74) is -0.533. The molecule has 1 aromatic carbocycles. The van der Waals surface area contributed by atoms with E-state index in [2.05, 4.69) is 5.32 Å². The average Bonchev–Trinajstić information content (AvgIpc) is 3.26. The highest BCUT2D eigenvalue weighted by Gasteiger charge is 2.30. The Labute approximate surface area is 121 Å². The normalized spacial score (nSPS) is 15.0. The van der Waals surface area contributed by atoms with E-state index in [1.807, 2.05) is 0 Å². The van der Waals surface area contributed by atoms with E-state index in [1.54, 1.807) is 0 Å². The highest BCUT2D eigenvalue weighted by Crippen LogP contribution is 2.29. The zero-order chi connectivity index (χ0) is 15.3. The summed E-state index contributed by atoms with van der Waals surface area (Å²) in [7, 11) is 0. The minimum absolute atomic E-state index is 0.224. The molecule has 6 heteroatoms. The number of nitrogens with one attached hydrogen (secondary N) is 1. The van der Waals surface area contributed by atoms with Crippen molar-refractivity contribution in [1.29, 1.82) is 0 Å². The predicted octanol–water partition coefficient (Wildman–Crippen LogP) is 3.25. The van der Waals surface area contributed by atoms with E-state index in [9.17, 15) is 18.0 Å². The van der Waals surface area contributed by atoms with Crippen molar-refractivity contribution >= 4 is 5.91 Å². The molecule has 0 aromatic heterocycles. The van der Waals surface area contributed by atoms with Gasteiger partial charge in [0.15, 0.2) is 0 Å². The first kappa shape index (κ1) is 15.8. The van der Waals surface area contributed by atoms with Crippen LogP contribution in [0.25, 0.3) is 0 Å². The third-order valence-corrected chi connectivity index (χ3v) is 3.28. The molecule has 0 atom stereocenters. The summed E-state index contributed by atoms with van der Waals surface area (Å²) in [6.45, 7) is 1.82. The Kier molecular flexibility index (Phi) is 5.22. The number of carbonyl (C=O) groups excluding carboxylic acids is 1. The summed E-state index contributed by atoms with van der Waals surface area (Å²) < 4.78 is 42.6. The highest BCUT2D eigenvalue weighted by molar-refractivity contribution is 5.94. The largest absolute Gasteiger partial charge is 0.416 e. The molecule has 1 aromatic rings. The number of hydrogen-bond donors (Lipinski definition) is 1. The quantitative estimate of drug-likeness (QED) is 0.785. The van der Waals surface area contributed by atoms with Crippen molar-refractivity contribution < 1.29 is 22.7 Å². The number of hydrogen-bond acceptors (Lipinski definition) is 2. The Hall–Kier alpha value is -1.56. The van der Waals surface area contributed by atoms with Crippen LogP contribution in [-0.2, 0) is 10.9 Å². The van der Waals surface area contributed by atoms with Gasteiger partial charge in [-0.15, -0.1) is 0 Å². The summed E-state index contributed by atoms with van der Waals surface area (Å²) in [5.74, 6) is 0.345. The van der Waals surface area contributed by atoms with E-state index >= 15 is 0 Å². The summed E-state index contributed by atoms with van der Waals surface area (Å²) in [6, 6.07) is 4.19. The van der Waals surface area contributed by atoms with Gasteiger partial charge in [0.1, 0.15) is 0 Å². The van der Waals surface area contributed by atoms with E-state index < -0.39 is 11.7 Å². The maximum absolute atomic E-state index is 12.4. The van der Waals surface area contributed by atoms with Crippen LogP contribution >= 0.6 is 0 Å². The van der Waals surface area contributed by atoms with Gasteiger partial charge in [0.2, 0.25) is 0 Å². The molecule has 1 fully saturated rings. The molecule has 0 heterocycles. The SMILES string of the molecule is O=C(NCCCOCC1CC1)c1ccc(C(F)(F)F)cc1. The molecule has 0 saturated heterocycles. The van der Waals surface area contributed by atoms with E-state index in [0.29, 0.717) is 25.5 Å². The number of benzene rings is 1. The average molecular weight is 301 g/mol. The molecule has 1 amide bonds. The van der Waals surface area contributed by atoms with Crippen LogP contribution in [0.4, 0.5) is 13.2 Å². The Morgan fingerprint density at radius 3 is 2.48 bits per heavy atom. The molecule has 0 bridgehead atoms. The van der Waals surface area contributed by atoms with Crippen molar-refractivity contribution in [3.05, 3.63) is 35.4 Å². The van der Waals surface area contributed by atoms with Gasteiger partial charge >= 0.3 is 6.18 Å². The Balaban J connectivity index is 1.67. The summed E-state index contributed by atoms with van der Waals surface area (Å²) in [6.07, 6.45) is -1.21. The van der Waals surface area contributed by atoms with Gasteiger partial charge in [-0.1, -0.05) is 0 Å². The maximum Gasteiger partial charge on any atom is 0.416 e. The minimum Gasteiger partial charge on any atom is -0.381 e. The topological polar surface area (TPSA) is 38.3 Å². The second-order valence-electron chi connectivity index (χ2n) is 5.20. The number of amides is 1. The third kappa shape index (κ3) is 5.38. The van der Waals surface area contributed by atoms with Crippen molar-refractivity contribution in [2.75, 3.05) is 19.8 Å². The molecule has 1 aliphatic rings. The first-order valence-corrected chi connectivity index (χ1v) is 7.00. The van der Waals surface area contributed by atoms with Gasteiger partial charge in [0.05, 0.1) is 5.56 Å². The zero-order valence-corrected chi connectivity index (χ0v) is 11.6. The molecule has 1 saturated carbocycles. The molecule has 3 nitrogen and oxygen atoms in total. The molecule has 0 radical (unpaired) electrons. The van der Waals surface area contributed by atoms with Crippen molar-refractivity contribution in [3.63, 3.8) is 0 Å². The lowest BCUT2D eigenvalue weighted by molar-refractivity contribution is -0.137.